The second-order valence-electron chi connectivity index (χ2n) is 6.22. The van der Waals surface area contributed by atoms with E-state index in [4.69, 9.17) is 0 Å². The van der Waals surface area contributed by atoms with E-state index in [2.05, 4.69) is 63.0 Å². The van der Waals surface area contributed by atoms with Crippen molar-refractivity contribution in [2.75, 3.05) is 45.7 Å². The van der Waals surface area contributed by atoms with E-state index in [1.165, 1.54) is 10.9 Å². The van der Waals surface area contributed by atoms with Gasteiger partial charge >= 0.3 is 0 Å². The Bertz CT molecular complexity index is 726. The van der Waals surface area contributed by atoms with Gasteiger partial charge in [-0.2, -0.15) is 11.8 Å². The third kappa shape index (κ3) is 6.29. The summed E-state index contributed by atoms with van der Waals surface area (Å²) in [4.78, 5) is 17.7. The van der Waals surface area contributed by atoms with E-state index in [0.29, 0.717) is 5.96 Å². The van der Waals surface area contributed by atoms with Gasteiger partial charge in [0.15, 0.2) is 5.96 Å². The van der Waals surface area contributed by atoms with Gasteiger partial charge in [-0.1, -0.05) is 18.2 Å². The van der Waals surface area contributed by atoms with Gasteiger partial charge in [-0.25, -0.2) is 4.99 Å². The van der Waals surface area contributed by atoms with Gasteiger partial charge in [-0.05, 0) is 30.2 Å². The smallest absolute Gasteiger partial charge is 0.243 e. The predicted octanol–water partition coefficient (Wildman–Crippen LogP) is 2.02. The van der Waals surface area contributed by atoms with Gasteiger partial charge in [0.05, 0.1) is 0 Å². The van der Waals surface area contributed by atoms with Crippen LogP contribution >= 0.6 is 11.8 Å². The number of nitrogens with zero attached hydrogens (tertiary/aromatic N) is 3. The fourth-order valence-electron chi connectivity index (χ4n) is 2.53. The number of hydrogen-bond acceptors (Lipinski definition) is 3. The van der Waals surface area contributed by atoms with Gasteiger partial charge in [0.1, 0.15) is 6.54 Å². The Kier molecular flexibility index (Phi) is 8.34. The van der Waals surface area contributed by atoms with E-state index in [9.17, 15) is 4.79 Å². The lowest BCUT2D eigenvalue weighted by atomic mass is 10.2. The molecule has 6 nitrogen and oxygen atoms in total. The minimum atomic E-state index is -0.00484. The Morgan fingerprint density at radius 1 is 1.19 bits per heavy atom. The predicted molar refractivity (Wildman–Crippen MR) is 112 cm³/mol. The molecule has 0 bridgehead atoms. The van der Waals surface area contributed by atoms with E-state index >= 15 is 0 Å². The monoisotopic (exact) mass is 375 g/mol. The van der Waals surface area contributed by atoms with Gasteiger partial charge in [-0.3, -0.25) is 4.79 Å². The number of benzene rings is 1. The Balaban J connectivity index is 1.83. The van der Waals surface area contributed by atoms with Crippen LogP contribution in [0.25, 0.3) is 10.9 Å². The number of fused-ring (bicyclic) bond motifs is 1. The van der Waals surface area contributed by atoms with E-state index in [1.54, 1.807) is 30.8 Å². The molecule has 0 spiro atoms. The molecule has 26 heavy (non-hydrogen) atoms. The van der Waals surface area contributed by atoms with Crippen molar-refractivity contribution in [3.63, 3.8) is 0 Å². The highest BCUT2D eigenvalue weighted by atomic mass is 32.2. The molecule has 0 aliphatic carbocycles. The van der Waals surface area contributed by atoms with Crippen LogP contribution in [0.5, 0.6) is 0 Å². The minimum Gasteiger partial charge on any atom is -0.356 e. The van der Waals surface area contributed by atoms with Gasteiger partial charge in [0.2, 0.25) is 5.91 Å². The summed E-state index contributed by atoms with van der Waals surface area (Å²) in [6.45, 7) is 2.72. The number of hydrogen-bond donors (Lipinski definition) is 2. The van der Waals surface area contributed by atoms with Crippen LogP contribution in [0.3, 0.4) is 0 Å². The van der Waals surface area contributed by atoms with Crippen molar-refractivity contribution in [1.29, 1.82) is 0 Å². The average molecular weight is 376 g/mol. The molecule has 7 heteroatoms. The molecule has 0 saturated heterocycles. The van der Waals surface area contributed by atoms with E-state index < -0.39 is 0 Å². The summed E-state index contributed by atoms with van der Waals surface area (Å²) in [5, 5.41) is 7.88. The van der Waals surface area contributed by atoms with Gasteiger partial charge < -0.3 is 20.1 Å². The number of amides is 1. The number of nitrogens with one attached hydrogen (secondary N) is 2. The first kappa shape index (κ1) is 20.2. The Morgan fingerprint density at radius 2 is 1.96 bits per heavy atom. The molecular formula is C19H29N5OS. The van der Waals surface area contributed by atoms with Crippen molar-refractivity contribution in [3.05, 3.63) is 36.5 Å². The number of aryl methyl sites for hydroxylation is 1. The molecule has 0 aliphatic rings. The molecule has 0 aliphatic heterocycles. The number of para-hydroxylation sites is 1. The topological polar surface area (TPSA) is 61.7 Å². The maximum Gasteiger partial charge on any atom is 0.243 e. The SMILES string of the molecule is CSCCNC(=NCC(=O)N(C)C)NCCCn1ccc2ccccc21. The largest absolute Gasteiger partial charge is 0.356 e. The quantitative estimate of drug-likeness (QED) is 0.400. The van der Waals surface area contributed by atoms with Gasteiger partial charge in [-0.15, -0.1) is 0 Å². The molecule has 2 aromatic rings. The number of aliphatic imine (C=N–C) groups is 1. The molecule has 2 N–H and O–H groups in total. The number of rotatable bonds is 9. The van der Waals surface area contributed by atoms with Crippen LogP contribution in [0.1, 0.15) is 6.42 Å². The molecule has 0 fully saturated rings. The van der Waals surface area contributed by atoms with Crippen LogP contribution in [-0.2, 0) is 11.3 Å². The first-order valence-corrected chi connectivity index (χ1v) is 10.3. The highest BCUT2D eigenvalue weighted by Crippen LogP contribution is 2.15. The first-order chi connectivity index (χ1) is 12.6. The summed E-state index contributed by atoms with van der Waals surface area (Å²) in [6.07, 6.45) is 5.18. The molecule has 1 amide bonds. The minimum absolute atomic E-state index is 0.00484. The molecule has 0 atom stereocenters. The van der Waals surface area contributed by atoms with Crippen molar-refractivity contribution in [3.8, 4) is 0 Å². The molecular weight excluding hydrogens is 346 g/mol. The number of thioether (sulfide) groups is 1. The van der Waals surface area contributed by atoms with Crippen LogP contribution in [0, 0.1) is 0 Å². The lowest BCUT2D eigenvalue weighted by molar-refractivity contribution is -0.127. The number of guanidine groups is 1. The Labute approximate surface area is 160 Å². The van der Waals surface area contributed by atoms with Crippen molar-refractivity contribution in [2.24, 2.45) is 4.99 Å². The summed E-state index contributed by atoms with van der Waals surface area (Å²) < 4.78 is 2.27. The van der Waals surface area contributed by atoms with Gasteiger partial charge in [0.25, 0.3) is 0 Å². The summed E-state index contributed by atoms with van der Waals surface area (Å²) in [5.41, 5.74) is 1.26. The maximum atomic E-state index is 11.7. The zero-order valence-electron chi connectivity index (χ0n) is 15.9. The fourth-order valence-corrected chi connectivity index (χ4v) is 2.83. The van der Waals surface area contributed by atoms with Crippen LogP contribution in [-0.4, -0.2) is 67.1 Å². The summed E-state index contributed by atoms with van der Waals surface area (Å²) in [7, 11) is 3.49. The first-order valence-electron chi connectivity index (χ1n) is 8.87. The lowest BCUT2D eigenvalue weighted by Crippen LogP contribution is -2.40. The maximum absolute atomic E-state index is 11.7. The Hall–Kier alpha value is -2.15. The van der Waals surface area contributed by atoms with Crippen molar-refractivity contribution in [1.82, 2.24) is 20.1 Å². The summed E-state index contributed by atoms with van der Waals surface area (Å²) >= 11 is 1.78. The van der Waals surface area contributed by atoms with E-state index in [1.807, 2.05) is 0 Å². The van der Waals surface area contributed by atoms with Crippen LogP contribution in [0.15, 0.2) is 41.5 Å². The Morgan fingerprint density at radius 3 is 2.73 bits per heavy atom. The third-order valence-corrected chi connectivity index (χ3v) is 4.63. The summed E-state index contributed by atoms with van der Waals surface area (Å²) in [5.74, 6) is 1.69. The van der Waals surface area contributed by atoms with Crippen LogP contribution < -0.4 is 10.6 Å². The molecule has 142 valence electrons. The molecule has 1 heterocycles. The molecule has 1 aromatic heterocycles. The number of likely N-dealkylation sites (N-methyl/N-ethyl adjacent to an activating group) is 1. The van der Waals surface area contributed by atoms with E-state index in [-0.39, 0.29) is 12.5 Å². The van der Waals surface area contributed by atoms with Crippen molar-refractivity contribution >= 4 is 34.5 Å². The van der Waals surface area contributed by atoms with E-state index in [0.717, 1.165) is 31.8 Å². The molecule has 2 rings (SSSR count). The van der Waals surface area contributed by atoms with Gasteiger partial charge in [0, 0.05) is 51.2 Å². The third-order valence-electron chi connectivity index (χ3n) is 4.02. The average Bonchev–Trinajstić information content (AvgIpc) is 3.05. The molecule has 0 unspecified atom stereocenters. The highest BCUT2D eigenvalue weighted by Gasteiger charge is 2.05. The zero-order valence-corrected chi connectivity index (χ0v) is 16.7. The normalized spacial score (nSPS) is 11.6. The highest BCUT2D eigenvalue weighted by molar-refractivity contribution is 7.98. The summed E-state index contributed by atoms with van der Waals surface area (Å²) in [6, 6.07) is 10.6. The number of carbonyl (C=O) groups is 1. The van der Waals surface area contributed by atoms with Crippen LogP contribution in [0.4, 0.5) is 0 Å². The molecule has 0 radical (unpaired) electrons. The number of aromatic nitrogens is 1. The standard InChI is InChI=1S/C19H29N5OS/c1-23(2)18(25)15-22-19(21-11-14-26-3)20-10-6-12-24-13-9-16-7-4-5-8-17(16)24/h4-5,7-9,13H,6,10-12,14-15H2,1-3H3,(H2,20,21,22). The molecule has 1 aromatic carbocycles. The van der Waals surface area contributed by atoms with Crippen LogP contribution in [0.2, 0.25) is 0 Å². The zero-order chi connectivity index (χ0) is 18.8. The second kappa shape index (κ2) is 10.8. The van der Waals surface area contributed by atoms with Crippen molar-refractivity contribution in [2.45, 2.75) is 13.0 Å². The van der Waals surface area contributed by atoms with Crippen molar-refractivity contribution < 1.29 is 4.79 Å². The second-order valence-corrected chi connectivity index (χ2v) is 7.21. The fraction of sp³-hybridized carbons (Fsp3) is 0.474. The number of carbonyl (C=O) groups excluding carboxylic acids is 1. The lowest BCUT2D eigenvalue weighted by Gasteiger charge is -2.14. The molecule has 0 saturated carbocycles.